The number of carbonyl (C=O) groups excluding carboxylic acids is 1. The first kappa shape index (κ1) is 15.6. The summed E-state index contributed by atoms with van der Waals surface area (Å²) in [5, 5.41) is 2.73. The zero-order valence-electron chi connectivity index (χ0n) is 12.9. The van der Waals surface area contributed by atoms with Crippen LogP contribution in [0.25, 0.3) is 11.3 Å². The fourth-order valence-electron chi connectivity index (χ4n) is 2.21. The maximum atomic E-state index is 12.2. The zero-order valence-corrected chi connectivity index (χ0v) is 12.9. The lowest BCUT2D eigenvalue weighted by molar-refractivity contribution is -0.121. The van der Waals surface area contributed by atoms with Crippen LogP contribution < -0.4 is 10.9 Å². The van der Waals surface area contributed by atoms with E-state index in [-0.39, 0.29) is 18.0 Å². The highest BCUT2D eigenvalue weighted by Gasteiger charge is 2.07. The van der Waals surface area contributed by atoms with Crippen LogP contribution >= 0.6 is 0 Å². The molecule has 0 radical (unpaired) electrons. The lowest BCUT2D eigenvalue weighted by Gasteiger charge is -2.07. The van der Waals surface area contributed by atoms with E-state index >= 15 is 0 Å². The molecule has 2 heterocycles. The minimum atomic E-state index is -0.267. The van der Waals surface area contributed by atoms with Gasteiger partial charge in [0, 0.05) is 17.8 Å². The minimum absolute atomic E-state index is 0.0757. The first-order valence-corrected chi connectivity index (χ1v) is 7.51. The van der Waals surface area contributed by atoms with E-state index in [2.05, 4.69) is 15.3 Å². The summed E-state index contributed by atoms with van der Waals surface area (Å²) in [6.45, 7) is 0.248. The molecule has 0 aliphatic carbocycles. The molecule has 0 saturated heterocycles. The second-order valence-corrected chi connectivity index (χ2v) is 5.20. The van der Waals surface area contributed by atoms with Crippen LogP contribution in [-0.4, -0.2) is 20.4 Å². The van der Waals surface area contributed by atoms with Crippen molar-refractivity contribution in [1.82, 2.24) is 19.9 Å². The van der Waals surface area contributed by atoms with Crippen molar-refractivity contribution in [1.29, 1.82) is 0 Å². The molecular weight excluding hydrogens is 304 g/mol. The lowest BCUT2D eigenvalue weighted by atomic mass is 10.1. The number of carbonyl (C=O) groups is 1. The van der Waals surface area contributed by atoms with Crippen LogP contribution in [0.4, 0.5) is 0 Å². The molecule has 0 spiro atoms. The van der Waals surface area contributed by atoms with Crippen LogP contribution in [0.3, 0.4) is 0 Å². The number of nitrogens with zero attached hydrogens (tertiary/aromatic N) is 3. The van der Waals surface area contributed by atoms with Gasteiger partial charge in [-0.25, -0.2) is 4.98 Å². The highest BCUT2D eigenvalue weighted by Crippen LogP contribution is 2.13. The first-order valence-electron chi connectivity index (χ1n) is 7.51. The largest absolute Gasteiger partial charge is 0.349 e. The topological polar surface area (TPSA) is 76.9 Å². The fourth-order valence-corrected chi connectivity index (χ4v) is 2.21. The quantitative estimate of drug-likeness (QED) is 0.775. The molecule has 6 nitrogen and oxygen atoms in total. The van der Waals surface area contributed by atoms with Gasteiger partial charge in [-0.15, -0.1) is 0 Å². The first-order chi connectivity index (χ1) is 11.7. The molecule has 1 aromatic carbocycles. The molecular formula is C18H16N4O2. The smallest absolute Gasteiger partial charge is 0.254 e. The summed E-state index contributed by atoms with van der Waals surface area (Å²) in [4.78, 5) is 32.5. The van der Waals surface area contributed by atoms with Gasteiger partial charge >= 0.3 is 0 Å². The van der Waals surface area contributed by atoms with E-state index in [1.54, 1.807) is 6.20 Å². The molecule has 2 aromatic heterocycles. The van der Waals surface area contributed by atoms with Crippen LogP contribution in [0, 0.1) is 0 Å². The molecule has 0 aliphatic rings. The molecule has 0 saturated carbocycles. The van der Waals surface area contributed by atoms with Gasteiger partial charge in [0.1, 0.15) is 6.54 Å². The third kappa shape index (κ3) is 3.92. The van der Waals surface area contributed by atoms with E-state index in [1.165, 1.54) is 17.0 Å². The maximum absolute atomic E-state index is 12.2. The Labute approximate surface area is 138 Å². The van der Waals surface area contributed by atoms with Gasteiger partial charge in [0.15, 0.2) is 0 Å². The van der Waals surface area contributed by atoms with E-state index in [4.69, 9.17) is 0 Å². The molecule has 0 bridgehead atoms. The molecule has 24 heavy (non-hydrogen) atoms. The molecule has 6 heteroatoms. The summed E-state index contributed by atoms with van der Waals surface area (Å²) in [7, 11) is 0. The summed E-state index contributed by atoms with van der Waals surface area (Å²) >= 11 is 0. The van der Waals surface area contributed by atoms with Gasteiger partial charge in [-0.1, -0.05) is 36.4 Å². The Morgan fingerprint density at radius 3 is 2.54 bits per heavy atom. The summed E-state index contributed by atoms with van der Waals surface area (Å²) in [6.07, 6.45) is 3.06. The van der Waals surface area contributed by atoms with Gasteiger partial charge in [-0.05, 0) is 12.1 Å². The molecule has 3 aromatic rings. The van der Waals surface area contributed by atoms with Gasteiger partial charge in [0.25, 0.3) is 5.56 Å². The monoisotopic (exact) mass is 320 g/mol. The van der Waals surface area contributed by atoms with Crippen LogP contribution in [0.5, 0.6) is 0 Å². The van der Waals surface area contributed by atoms with Crippen molar-refractivity contribution in [3.8, 4) is 11.3 Å². The highest BCUT2D eigenvalue weighted by atomic mass is 16.2. The summed E-state index contributed by atoms with van der Waals surface area (Å²) in [6, 6.07) is 16.3. The van der Waals surface area contributed by atoms with Crippen molar-refractivity contribution in [2.45, 2.75) is 13.1 Å². The lowest BCUT2D eigenvalue weighted by Crippen LogP contribution is -2.32. The number of rotatable bonds is 5. The molecule has 1 amide bonds. The molecule has 120 valence electrons. The van der Waals surface area contributed by atoms with E-state index in [0.29, 0.717) is 12.2 Å². The summed E-state index contributed by atoms with van der Waals surface area (Å²) < 4.78 is 1.28. The third-order valence-corrected chi connectivity index (χ3v) is 3.46. The number of aromatic nitrogens is 3. The van der Waals surface area contributed by atoms with Crippen molar-refractivity contribution in [2.24, 2.45) is 0 Å². The Bertz CT molecular complexity index is 876. The second kappa shape index (κ2) is 7.32. The molecule has 0 atom stereocenters. The van der Waals surface area contributed by atoms with Gasteiger partial charge in [-0.2, -0.15) is 0 Å². The van der Waals surface area contributed by atoms with Crippen LogP contribution in [0.15, 0.2) is 71.9 Å². The van der Waals surface area contributed by atoms with Gasteiger partial charge in [-0.3, -0.25) is 19.1 Å². The highest BCUT2D eigenvalue weighted by molar-refractivity contribution is 5.75. The van der Waals surface area contributed by atoms with Crippen LogP contribution in [-0.2, 0) is 17.9 Å². The van der Waals surface area contributed by atoms with Crippen molar-refractivity contribution >= 4 is 5.91 Å². The van der Waals surface area contributed by atoms with E-state index in [9.17, 15) is 9.59 Å². The Morgan fingerprint density at radius 1 is 1.04 bits per heavy atom. The van der Waals surface area contributed by atoms with Crippen molar-refractivity contribution in [3.05, 3.63) is 83.2 Å². The number of hydrogen-bond donors (Lipinski definition) is 1. The average Bonchev–Trinajstić information content (AvgIpc) is 2.63. The Kier molecular flexibility index (Phi) is 4.76. The molecule has 3 rings (SSSR count). The third-order valence-electron chi connectivity index (χ3n) is 3.46. The number of pyridine rings is 1. The summed E-state index contributed by atoms with van der Waals surface area (Å²) in [5.74, 6) is -0.267. The van der Waals surface area contributed by atoms with E-state index in [1.807, 2.05) is 48.5 Å². The molecule has 1 N–H and O–H groups in total. The standard InChI is InChI=1S/C18H16N4O2/c23-17(20-11-15-8-4-5-9-19-15)12-22-13-21-16(10-18(22)24)14-6-2-1-3-7-14/h1-10,13H,11-12H2,(H,20,23). The number of hydrogen-bond acceptors (Lipinski definition) is 4. The normalized spacial score (nSPS) is 10.3. The molecule has 0 fully saturated rings. The van der Waals surface area contributed by atoms with Crippen molar-refractivity contribution in [3.63, 3.8) is 0 Å². The Balaban J connectivity index is 1.65. The van der Waals surface area contributed by atoms with Gasteiger partial charge < -0.3 is 5.32 Å². The van der Waals surface area contributed by atoms with E-state index < -0.39 is 0 Å². The number of benzene rings is 1. The minimum Gasteiger partial charge on any atom is -0.349 e. The van der Waals surface area contributed by atoms with Crippen LogP contribution in [0.2, 0.25) is 0 Å². The van der Waals surface area contributed by atoms with Crippen molar-refractivity contribution < 1.29 is 4.79 Å². The van der Waals surface area contributed by atoms with E-state index in [0.717, 1.165) is 11.3 Å². The second-order valence-electron chi connectivity index (χ2n) is 5.20. The van der Waals surface area contributed by atoms with Gasteiger partial charge in [0.2, 0.25) is 5.91 Å². The van der Waals surface area contributed by atoms with Crippen molar-refractivity contribution in [2.75, 3.05) is 0 Å². The fraction of sp³-hybridized carbons (Fsp3) is 0.111. The van der Waals surface area contributed by atoms with Gasteiger partial charge in [0.05, 0.1) is 24.3 Å². The Morgan fingerprint density at radius 2 is 1.83 bits per heavy atom. The predicted molar refractivity (Wildman–Crippen MR) is 90.0 cm³/mol. The van der Waals surface area contributed by atoms with Crippen LogP contribution in [0.1, 0.15) is 5.69 Å². The summed E-state index contributed by atoms with van der Waals surface area (Å²) in [5.41, 5.74) is 1.94. The Hall–Kier alpha value is -3.28. The number of amides is 1. The molecule has 0 unspecified atom stereocenters. The zero-order chi connectivity index (χ0) is 16.8. The maximum Gasteiger partial charge on any atom is 0.254 e. The predicted octanol–water partition coefficient (Wildman–Crippen LogP) is 1.62. The molecule has 0 aliphatic heterocycles. The number of nitrogens with one attached hydrogen (secondary N) is 1. The SMILES string of the molecule is O=C(Cn1cnc(-c2ccccc2)cc1=O)NCc1ccccn1. The average molecular weight is 320 g/mol.